The number of hydrogen-bond donors (Lipinski definition) is 2. The maximum absolute atomic E-state index is 9.42. The Labute approximate surface area is 93.9 Å². The SMILES string of the molecule is CC(O)C(C)N(C)c1ncc(Cl)c(N)n1. The Morgan fingerprint density at radius 2 is 2.13 bits per heavy atom. The van der Waals surface area contributed by atoms with E-state index in [2.05, 4.69) is 9.97 Å². The predicted octanol–water partition coefficient (Wildman–Crippen LogP) is 0.918. The second-order valence-electron chi connectivity index (χ2n) is 3.50. The molecular formula is C9H15ClN4O. The van der Waals surface area contributed by atoms with Crippen LogP contribution in [0.25, 0.3) is 0 Å². The van der Waals surface area contributed by atoms with E-state index >= 15 is 0 Å². The van der Waals surface area contributed by atoms with E-state index in [4.69, 9.17) is 17.3 Å². The number of hydrogen-bond acceptors (Lipinski definition) is 5. The van der Waals surface area contributed by atoms with Gasteiger partial charge in [-0.2, -0.15) is 4.98 Å². The van der Waals surface area contributed by atoms with Crippen LogP contribution in [0.1, 0.15) is 13.8 Å². The maximum Gasteiger partial charge on any atom is 0.227 e. The molecule has 1 aromatic rings. The minimum absolute atomic E-state index is 0.0921. The molecule has 2 unspecified atom stereocenters. The Bertz CT molecular complexity index is 345. The first kappa shape index (κ1) is 12.0. The highest BCUT2D eigenvalue weighted by molar-refractivity contribution is 6.32. The van der Waals surface area contributed by atoms with Crippen LogP contribution in [0.15, 0.2) is 6.20 Å². The van der Waals surface area contributed by atoms with Gasteiger partial charge in [0.1, 0.15) is 10.8 Å². The van der Waals surface area contributed by atoms with Crippen molar-refractivity contribution in [3.8, 4) is 0 Å². The molecule has 2 atom stereocenters. The van der Waals surface area contributed by atoms with Crippen molar-refractivity contribution in [3.63, 3.8) is 0 Å². The van der Waals surface area contributed by atoms with Gasteiger partial charge in [0.05, 0.1) is 18.3 Å². The van der Waals surface area contributed by atoms with Crippen LogP contribution < -0.4 is 10.6 Å². The van der Waals surface area contributed by atoms with Crippen LogP contribution in [0.5, 0.6) is 0 Å². The van der Waals surface area contributed by atoms with Crippen molar-refractivity contribution in [3.05, 3.63) is 11.2 Å². The predicted molar refractivity (Wildman–Crippen MR) is 61.0 cm³/mol. The van der Waals surface area contributed by atoms with E-state index in [9.17, 15) is 5.11 Å². The number of halogens is 1. The molecule has 0 fully saturated rings. The zero-order valence-electron chi connectivity index (χ0n) is 8.98. The molecule has 3 N–H and O–H groups in total. The third kappa shape index (κ3) is 2.70. The lowest BCUT2D eigenvalue weighted by Crippen LogP contribution is -2.38. The Balaban J connectivity index is 2.91. The van der Waals surface area contributed by atoms with Crippen LogP contribution in [0.4, 0.5) is 11.8 Å². The first-order valence-corrected chi connectivity index (χ1v) is 5.00. The van der Waals surface area contributed by atoms with Crippen molar-refractivity contribution in [2.45, 2.75) is 26.0 Å². The zero-order chi connectivity index (χ0) is 11.6. The van der Waals surface area contributed by atoms with Crippen molar-refractivity contribution in [2.24, 2.45) is 0 Å². The van der Waals surface area contributed by atoms with Gasteiger partial charge in [-0.15, -0.1) is 0 Å². The monoisotopic (exact) mass is 230 g/mol. The average Bonchev–Trinajstić information content (AvgIpc) is 2.19. The fourth-order valence-corrected chi connectivity index (χ4v) is 1.14. The second-order valence-corrected chi connectivity index (χ2v) is 3.90. The summed E-state index contributed by atoms with van der Waals surface area (Å²) >= 11 is 5.71. The average molecular weight is 231 g/mol. The lowest BCUT2D eigenvalue weighted by atomic mass is 10.2. The third-order valence-electron chi connectivity index (χ3n) is 2.38. The van der Waals surface area contributed by atoms with Gasteiger partial charge in [-0.25, -0.2) is 4.98 Å². The van der Waals surface area contributed by atoms with Crippen LogP contribution >= 0.6 is 11.6 Å². The summed E-state index contributed by atoms with van der Waals surface area (Å²) in [6.07, 6.45) is 0.973. The van der Waals surface area contributed by atoms with Gasteiger partial charge >= 0.3 is 0 Å². The molecule has 0 aliphatic heterocycles. The highest BCUT2D eigenvalue weighted by Gasteiger charge is 2.17. The van der Waals surface area contributed by atoms with Crippen LogP contribution in [0, 0.1) is 0 Å². The topological polar surface area (TPSA) is 75.3 Å². The summed E-state index contributed by atoms with van der Waals surface area (Å²) in [6, 6.07) is -0.0921. The van der Waals surface area contributed by atoms with Gasteiger partial charge in [-0.1, -0.05) is 11.6 Å². The van der Waals surface area contributed by atoms with Crippen LogP contribution in [-0.2, 0) is 0 Å². The first-order chi connectivity index (χ1) is 6.93. The molecule has 6 heteroatoms. The lowest BCUT2D eigenvalue weighted by molar-refractivity contribution is 0.167. The van der Waals surface area contributed by atoms with Crippen molar-refractivity contribution in [1.29, 1.82) is 0 Å². The molecule has 0 bridgehead atoms. The molecule has 5 nitrogen and oxygen atoms in total. The number of likely N-dealkylation sites (N-methyl/N-ethyl adjacent to an activating group) is 1. The molecule has 0 amide bonds. The number of aliphatic hydroxyl groups excluding tert-OH is 1. The lowest BCUT2D eigenvalue weighted by Gasteiger charge is -2.27. The molecule has 0 radical (unpaired) electrons. The number of anilines is 2. The molecular weight excluding hydrogens is 216 g/mol. The van der Waals surface area contributed by atoms with E-state index in [1.54, 1.807) is 18.9 Å². The zero-order valence-corrected chi connectivity index (χ0v) is 9.73. The second kappa shape index (κ2) is 4.63. The quantitative estimate of drug-likeness (QED) is 0.808. The van der Waals surface area contributed by atoms with E-state index in [-0.39, 0.29) is 11.9 Å². The molecule has 0 aliphatic rings. The summed E-state index contributed by atoms with van der Waals surface area (Å²) < 4.78 is 0. The maximum atomic E-state index is 9.42. The third-order valence-corrected chi connectivity index (χ3v) is 2.67. The molecule has 15 heavy (non-hydrogen) atoms. The van der Waals surface area contributed by atoms with Crippen LogP contribution in [0.2, 0.25) is 5.02 Å². The summed E-state index contributed by atoms with van der Waals surface area (Å²) in [4.78, 5) is 9.81. The summed E-state index contributed by atoms with van der Waals surface area (Å²) in [6.45, 7) is 3.58. The van der Waals surface area contributed by atoms with Gasteiger partial charge in [0.15, 0.2) is 0 Å². The molecule has 84 valence electrons. The molecule has 0 spiro atoms. The van der Waals surface area contributed by atoms with Gasteiger partial charge in [0, 0.05) is 7.05 Å². The van der Waals surface area contributed by atoms with E-state index in [1.165, 1.54) is 6.20 Å². The smallest absolute Gasteiger partial charge is 0.227 e. The van der Waals surface area contributed by atoms with Crippen molar-refractivity contribution < 1.29 is 5.11 Å². The standard InChI is InChI=1S/C9H15ClN4O/c1-5(6(2)15)14(3)9-12-4-7(10)8(11)13-9/h4-6,15H,1-3H3,(H2,11,12,13). The molecule has 0 saturated carbocycles. The molecule has 0 aromatic carbocycles. The van der Waals surface area contributed by atoms with Gasteiger partial charge in [-0.05, 0) is 13.8 Å². The van der Waals surface area contributed by atoms with Gasteiger partial charge < -0.3 is 15.7 Å². The molecule has 1 aromatic heterocycles. The Hall–Kier alpha value is -1.07. The Morgan fingerprint density at radius 3 is 2.60 bits per heavy atom. The summed E-state index contributed by atoms with van der Waals surface area (Å²) in [5, 5.41) is 9.75. The Kier molecular flexibility index (Phi) is 3.71. The number of nitrogens with zero attached hydrogens (tertiary/aromatic N) is 3. The van der Waals surface area contributed by atoms with Crippen LogP contribution in [-0.4, -0.2) is 34.3 Å². The highest BCUT2D eigenvalue weighted by atomic mass is 35.5. The van der Waals surface area contributed by atoms with E-state index in [0.29, 0.717) is 11.0 Å². The highest BCUT2D eigenvalue weighted by Crippen LogP contribution is 2.18. The summed E-state index contributed by atoms with van der Waals surface area (Å²) in [5.74, 6) is 0.691. The van der Waals surface area contributed by atoms with Gasteiger partial charge in [0.25, 0.3) is 0 Å². The fourth-order valence-electron chi connectivity index (χ4n) is 1.05. The molecule has 0 saturated heterocycles. The summed E-state index contributed by atoms with van der Waals surface area (Å²) in [5.41, 5.74) is 5.56. The normalized spacial score (nSPS) is 14.7. The largest absolute Gasteiger partial charge is 0.391 e. The summed E-state index contributed by atoms with van der Waals surface area (Å²) in [7, 11) is 1.79. The first-order valence-electron chi connectivity index (χ1n) is 4.62. The van der Waals surface area contributed by atoms with Gasteiger partial charge in [-0.3, -0.25) is 0 Å². The molecule has 0 aliphatic carbocycles. The number of nitrogen functional groups attached to an aromatic ring is 1. The number of nitrogens with two attached hydrogens (primary N) is 1. The molecule has 1 heterocycles. The van der Waals surface area contributed by atoms with E-state index in [1.807, 2.05) is 6.92 Å². The van der Waals surface area contributed by atoms with E-state index in [0.717, 1.165) is 0 Å². The Morgan fingerprint density at radius 1 is 1.53 bits per heavy atom. The van der Waals surface area contributed by atoms with Crippen LogP contribution in [0.3, 0.4) is 0 Å². The van der Waals surface area contributed by atoms with Crippen molar-refractivity contribution in [1.82, 2.24) is 9.97 Å². The number of aliphatic hydroxyl groups is 1. The minimum Gasteiger partial charge on any atom is -0.391 e. The molecule has 1 rings (SSSR count). The van der Waals surface area contributed by atoms with Crippen molar-refractivity contribution in [2.75, 3.05) is 17.7 Å². The number of rotatable bonds is 3. The van der Waals surface area contributed by atoms with Gasteiger partial charge in [0.2, 0.25) is 5.95 Å². The van der Waals surface area contributed by atoms with E-state index < -0.39 is 6.10 Å². The number of aromatic nitrogens is 2. The fraction of sp³-hybridized carbons (Fsp3) is 0.556. The van der Waals surface area contributed by atoms with Crippen molar-refractivity contribution >= 4 is 23.4 Å². The minimum atomic E-state index is -0.476.